The number of aliphatic hydroxyl groups is 1. The summed E-state index contributed by atoms with van der Waals surface area (Å²) in [5.74, 6) is 0. The summed E-state index contributed by atoms with van der Waals surface area (Å²) < 4.78 is 11.6. The first kappa shape index (κ1) is 14.9. The van der Waals surface area contributed by atoms with Crippen LogP contribution < -0.4 is 5.32 Å². The van der Waals surface area contributed by atoms with E-state index in [0.29, 0.717) is 12.7 Å². The highest BCUT2D eigenvalue weighted by molar-refractivity contribution is 4.81. The Labute approximate surface area is 105 Å². The molecule has 1 fully saturated rings. The van der Waals surface area contributed by atoms with Crippen LogP contribution in [0.1, 0.15) is 40.0 Å². The molecular weight excluding hydrogens is 218 g/mol. The van der Waals surface area contributed by atoms with E-state index in [-0.39, 0.29) is 24.4 Å². The molecule has 3 unspecified atom stereocenters. The smallest absolute Gasteiger partial charge is 0.0624 e. The van der Waals surface area contributed by atoms with Crippen LogP contribution >= 0.6 is 0 Å². The van der Waals surface area contributed by atoms with Crippen molar-refractivity contribution in [2.75, 3.05) is 20.3 Å². The zero-order valence-corrected chi connectivity index (χ0v) is 11.5. The second-order valence-corrected chi connectivity index (χ2v) is 5.44. The Balaban J connectivity index is 2.26. The molecule has 0 saturated carbocycles. The van der Waals surface area contributed by atoms with Crippen LogP contribution in [0.25, 0.3) is 0 Å². The Bertz CT molecular complexity index is 209. The van der Waals surface area contributed by atoms with Crippen molar-refractivity contribution >= 4 is 0 Å². The summed E-state index contributed by atoms with van der Waals surface area (Å²) in [6, 6.07) is 0. The standard InChI is InChI=1S/C13H27NO3/c1-10-7-12(8-11(2)17-10)16-6-5-13(3,9-15)14-4/h10-12,14-15H,5-9H2,1-4H3. The van der Waals surface area contributed by atoms with E-state index in [9.17, 15) is 5.11 Å². The van der Waals surface area contributed by atoms with Gasteiger partial charge in [0, 0.05) is 12.1 Å². The Morgan fingerprint density at radius 2 is 1.94 bits per heavy atom. The minimum atomic E-state index is -0.234. The molecule has 0 spiro atoms. The molecule has 1 aliphatic rings. The fraction of sp³-hybridized carbons (Fsp3) is 1.00. The third-order valence-corrected chi connectivity index (χ3v) is 3.61. The quantitative estimate of drug-likeness (QED) is 0.741. The minimum absolute atomic E-state index is 0.132. The summed E-state index contributed by atoms with van der Waals surface area (Å²) in [6.45, 7) is 7.01. The van der Waals surface area contributed by atoms with Crippen LogP contribution in [0.5, 0.6) is 0 Å². The molecule has 17 heavy (non-hydrogen) atoms. The third kappa shape index (κ3) is 4.92. The number of nitrogens with one attached hydrogen (secondary N) is 1. The van der Waals surface area contributed by atoms with Gasteiger partial charge in [0.1, 0.15) is 0 Å². The molecule has 1 aliphatic heterocycles. The highest BCUT2D eigenvalue weighted by Crippen LogP contribution is 2.22. The van der Waals surface area contributed by atoms with Gasteiger partial charge in [0.25, 0.3) is 0 Å². The van der Waals surface area contributed by atoms with Crippen molar-refractivity contribution in [1.82, 2.24) is 5.32 Å². The number of aliphatic hydroxyl groups excluding tert-OH is 1. The number of ether oxygens (including phenoxy) is 2. The van der Waals surface area contributed by atoms with Gasteiger partial charge in [-0.1, -0.05) is 0 Å². The van der Waals surface area contributed by atoms with Crippen LogP contribution in [0, 0.1) is 0 Å². The summed E-state index contributed by atoms with van der Waals surface area (Å²) >= 11 is 0. The zero-order chi connectivity index (χ0) is 12.9. The van der Waals surface area contributed by atoms with Gasteiger partial charge in [0.2, 0.25) is 0 Å². The fourth-order valence-corrected chi connectivity index (χ4v) is 2.21. The zero-order valence-electron chi connectivity index (χ0n) is 11.5. The van der Waals surface area contributed by atoms with Crippen LogP contribution in [0.3, 0.4) is 0 Å². The molecule has 1 rings (SSSR count). The number of hydrogen-bond donors (Lipinski definition) is 2. The first-order valence-electron chi connectivity index (χ1n) is 6.56. The average molecular weight is 245 g/mol. The maximum Gasteiger partial charge on any atom is 0.0624 e. The van der Waals surface area contributed by atoms with Crippen molar-refractivity contribution in [1.29, 1.82) is 0 Å². The molecule has 4 nitrogen and oxygen atoms in total. The molecule has 0 radical (unpaired) electrons. The molecule has 1 heterocycles. The maximum absolute atomic E-state index is 9.27. The number of hydrogen-bond acceptors (Lipinski definition) is 4. The van der Waals surface area contributed by atoms with Gasteiger partial charge < -0.3 is 19.9 Å². The van der Waals surface area contributed by atoms with Crippen LogP contribution in [0.15, 0.2) is 0 Å². The molecule has 0 aromatic carbocycles. The van der Waals surface area contributed by atoms with Crippen molar-refractivity contribution in [2.45, 2.75) is 63.9 Å². The Kier molecular flexibility index (Phi) is 5.86. The summed E-state index contributed by atoms with van der Waals surface area (Å²) in [4.78, 5) is 0. The van der Waals surface area contributed by atoms with Gasteiger partial charge >= 0.3 is 0 Å². The molecule has 0 aromatic heterocycles. The Morgan fingerprint density at radius 1 is 1.35 bits per heavy atom. The highest BCUT2D eigenvalue weighted by Gasteiger charge is 2.26. The van der Waals surface area contributed by atoms with Gasteiger partial charge in [0.05, 0.1) is 24.9 Å². The summed E-state index contributed by atoms with van der Waals surface area (Å²) in [7, 11) is 1.87. The highest BCUT2D eigenvalue weighted by atomic mass is 16.5. The average Bonchev–Trinajstić information content (AvgIpc) is 2.27. The molecule has 0 aliphatic carbocycles. The van der Waals surface area contributed by atoms with Crippen LogP contribution in [0.4, 0.5) is 0 Å². The van der Waals surface area contributed by atoms with Gasteiger partial charge in [-0.3, -0.25) is 0 Å². The van der Waals surface area contributed by atoms with E-state index in [1.165, 1.54) is 0 Å². The maximum atomic E-state index is 9.27. The molecular formula is C13H27NO3. The van der Waals surface area contributed by atoms with Crippen molar-refractivity contribution in [3.8, 4) is 0 Å². The van der Waals surface area contributed by atoms with Crippen molar-refractivity contribution in [3.05, 3.63) is 0 Å². The van der Waals surface area contributed by atoms with Gasteiger partial charge in [-0.15, -0.1) is 0 Å². The first-order valence-corrected chi connectivity index (χ1v) is 6.56. The predicted molar refractivity (Wildman–Crippen MR) is 68.2 cm³/mol. The van der Waals surface area contributed by atoms with E-state index in [4.69, 9.17) is 9.47 Å². The van der Waals surface area contributed by atoms with Gasteiger partial charge in [-0.25, -0.2) is 0 Å². The second-order valence-electron chi connectivity index (χ2n) is 5.44. The number of rotatable bonds is 6. The lowest BCUT2D eigenvalue weighted by Gasteiger charge is -2.33. The van der Waals surface area contributed by atoms with E-state index in [2.05, 4.69) is 19.2 Å². The Hall–Kier alpha value is -0.160. The molecule has 0 amide bonds. The second kappa shape index (κ2) is 6.69. The van der Waals surface area contributed by atoms with Crippen molar-refractivity contribution < 1.29 is 14.6 Å². The lowest BCUT2D eigenvalue weighted by Crippen LogP contribution is -2.44. The van der Waals surface area contributed by atoms with E-state index in [0.717, 1.165) is 19.3 Å². The topological polar surface area (TPSA) is 50.7 Å². The predicted octanol–water partition coefficient (Wildman–Crippen LogP) is 1.32. The minimum Gasteiger partial charge on any atom is -0.394 e. The summed E-state index contributed by atoms with van der Waals surface area (Å²) in [6.07, 6.45) is 3.64. The fourth-order valence-electron chi connectivity index (χ4n) is 2.21. The Morgan fingerprint density at radius 3 is 2.41 bits per heavy atom. The molecule has 0 aromatic rings. The molecule has 102 valence electrons. The first-order chi connectivity index (χ1) is 7.99. The van der Waals surface area contributed by atoms with Gasteiger partial charge in [-0.05, 0) is 47.1 Å². The van der Waals surface area contributed by atoms with Crippen LogP contribution in [0.2, 0.25) is 0 Å². The summed E-state index contributed by atoms with van der Waals surface area (Å²) in [5, 5.41) is 12.4. The van der Waals surface area contributed by atoms with Gasteiger partial charge in [0.15, 0.2) is 0 Å². The van der Waals surface area contributed by atoms with Crippen molar-refractivity contribution in [3.63, 3.8) is 0 Å². The van der Waals surface area contributed by atoms with E-state index in [1.807, 2.05) is 14.0 Å². The number of likely N-dealkylation sites (N-methyl/N-ethyl adjacent to an activating group) is 1. The molecule has 0 bridgehead atoms. The van der Waals surface area contributed by atoms with E-state index in [1.54, 1.807) is 0 Å². The largest absolute Gasteiger partial charge is 0.394 e. The molecule has 1 saturated heterocycles. The third-order valence-electron chi connectivity index (χ3n) is 3.61. The van der Waals surface area contributed by atoms with Crippen LogP contribution in [-0.4, -0.2) is 49.2 Å². The van der Waals surface area contributed by atoms with Crippen molar-refractivity contribution in [2.24, 2.45) is 0 Å². The molecule has 3 atom stereocenters. The lowest BCUT2D eigenvalue weighted by atomic mass is 9.99. The van der Waals surface area contributed by atoms with Gasteiger partial charge in [-0.2, -0.15) is 0 Å². The SMILES string of the molecule is CNC(C)(CO)CCOC1CC(C)OC(C)C1. The van der Waals surface area contributed by atoms with Crippen LogP contribution in [-0.2, 0) is 9.47 Å². The van der Waals surface area contributed by atoms with E-state index >= 15 is 0 Å². The molecule has 4 heteroatoms. The monoisotopic (exact) mass is 245 g/mol. The normalized spacial score (nSPS) is 33.4. The summed E-state index contributed by atoms with van der Waals surface area (Å²) in [5.41, 5.74) is -0.234. The molecule has 2 N–H and O–H groups in total. The lowest BCUT2D eigenvalue weighted by molar-refractivity contribution is -0.104. The van der Waals surface area contributed by atoms with E-state index < -0.39 is 0 Å².